The fraction of sp³-hybridized carbons (Fsp3) is 0.652. The van der Waals surface area contributed by atoms with E-state index in [2.05, 4.69) is 15.5 Å². The SMILES string of the molecule is Cc1cccc(C)c1NC(=O)CN(CCC(=O)NC1CCCCCC1)C1CC1. The molecule has 3 rings (SSSR count). The van der Waals surface area contributed by atoms with Crippen LogP contribution in [0, 0.1) is 13.8 Å². The van der Waals surface area contributed by atoms with Crippen LogP contribution in [0.5, 0.6) is 0 Å². The standard InChI is InChI=1S/C23H35N3O2/c1-17-8-7-9-18(2)23(17)25-22(28)16-26(20-12-13-20)15-14-21(27)24-19-10-5-3-4-6-11-19/h7-9,19-20H,3-6,10-16H2,1-2H3,(H,24,27)(H,25,28). The molecule has 0 aliphatic heterocycles. The van der Waals surface area contributed by atoms with Crippen LogP contribution in [0.2, 0.25) is 0 Å². The number of carbonyl (C=O) groups excluding carboxylic acids is 2. The Balaban J connectivity index is 1.47. The number of anilines is 1. The maximum Gasteiger partial charge on any atom is 0.238 e. The zero-order valence-electron chi connectivity index (χ0n) is 17.4. The van der Waals surface area contributed by atoms with Crippen molar-refractivity contribution in [3.05, 3.63) is 29.3 Å². The van der Waals surface area contributed by atoms with E-state index in [1.54, 1.807) is 0 Å². The summed E-state index contributed by atoms with van der Waals surface area (Å²) in [4.78, 5) is 27.2. The molecular weight excluding hydrogens is 350 g/mol. The van der Waals surface area contributed by atoms with Crippen LogP contribution in [0.15, 0.2) is 18.2 Å². The molecule has 2 saturated carbocycles. The van der Waals surface area contributed by atoms with E-state index in [4.69, 9.17) is 0 Å². The fourth-order valence-corrected chi connectivity index (χ4v) is 4.17. The van der Waals surface area contributed by atoms with Gasteiger partial charge in [0, 0.05) is 30.7 Å². The molecule has 0 spiro atoms. The molecule has 0 radical (unpaired) electrons. The second-order valence-corrected chi connectivity index (χ2v) is 8.52. The first-order valence-electron chi connectivity index (χ1n) is 10.9. The maximum absolute atomic E-state index is 12.6. The van der Waals surface area contributed by atoms with Crippen molar-refractivity contribution >= 4 is 17.5 Å². The molecule has 2 N–H and O–H groups in total. The van der Waals surface area contributed by atoms with Crippen LogP contribution in [-0.4, -0.2) is 41.9 Å². The lowest BCUT2D eigenvalue weighted by molar-refractivity contribution is -0.123. The monoisotopic (exact) mass is 385 g/mol. The second kappa shape index (κ2) is 10.1. The van der Waals surface area contributed by atoms with Crippen LogP contribution in [0.25, 0.3) is 0 Å². The van der Waals surface area contributed by atoms with Gasteiger partial charge in [-0.3, -0.25) is 14.5 Å². The van der Waals surface area contributed by atoms with Crippen LogP contribution in [0.3, 0.4) is 0 Å². The van der Waals surface area contributed by atoms with Crippen molar-refractivity contribution in [2.45, 2.75) is 83.7 Å². The number of benzene rings is 1. The summed E-state index contributed by atoms with van der Waals surface area (Å²) in [5, 5.41) is 6.29. The largest absolute Gasteiger partial charge is 0.353 e. The van der Waals surface area contributed by atoms with Gasteiger partial charge in [-0.2, -0.15) is 0 Å². The van der Waals surface area contributed by atoms with E-state index in [9.17, 15) is 9.59 Å². The summed E-state index contributed by atoms with van der Waals surface area (Å²) in [5.41, 5.74) is 3.07. The summed E-state index contributed by atoms with van der Waals surface area (Å²) in [6, 6.07) is 6.83. The Bertz CT molecular complexity index is 656. The van der Waals surface area contributed by atoms with Crippen molar-refractivity contribution in [1.29, 1.82) is 0 Å². The predicted octanol–water partition coefficient (Wildman–Crippen LogP) is 3.94. The first-order valence-corrected chi connectivity index (χ1v) is 10.9. The Hall–Kier alpha value is -1.88. The molecule has 0 bridgehead atoms. The summed E-state index contributed by atoms with van der Waals surface area (Å²) in [6.45, 7) is 5.04. The van der Waals surface area contributed by atoms with Gasteiger partial charge in [-0.15, -0.1) is 0 Å². The molecule has 0 saturated heterocycles. The molecule has 5 nitrogen and oxygen atoms in total. The highest BCUT2D eigenvalue weighted by molar-refractivity contribution is 5.93. The molecule has 0 atom stereocenters. The third kappa shape index (κ3) is 6.33. The topological polar surface area (TPSA) is 61.4 Å². The quantitative estimate of drug-likeness (QED) is 0.667. The smallest absolute Gasteiger partial charge is 0.238 e. The molecule has 0 aromatic heterocycles. The van der Waals surface area contributed by atoms with Crippen LogP contribution in [0.1, 0.15) is 68.9 Å². The summed E-state index contributed by atoms with van der Waals surface area (Å²) in [6.07, 6.45) is 9.96. The van der Waals surface area contributed by atoms with Gasteiger partial charge in [0.2, 0.25) is 11.8 Å². The lowest BCUT2D eigenvalue weighted by Gasteiger charge is -2.23. The molecule has 154 valence electrons. The van der Waals surface area contributed by atoms with Gasteiger partial charge in [0.1, 0.15) is 0 Å². The van der Waals surface area contributed by atoms with E-state index in [1.165, 1.54) is 25.7 Å². The van der Waals surface area contributed by atoms with Gasteiger partial charge in [-0.25, -0.2) is 0 Å². The van der Waals surface area contributed by atoms with Crippen molar-refractivity contribution in [3.63, 3.8) is 0 Å². The van der Waals surface area contributed by atoms with E-state index in [0.29, 0.717) is 31.6 Å². The minimum absolute atomic E-state index is 0.00785. The molecule has 2 aliphatic carbocycles. The number of hydrogen-bond donors (Lipinski definition) is 2. The fourth-order valence-electron chi connectivity index (χ4n) is 4.17. The molecule has 2 fully saturated rings. The van der Waals surface area contributed by atoms with Crippen LogP contribution in [0.4, 0.5) is 5.69 Å². The van der Waals surface area contributed by atoms with Crippen molar-refractivity contribution in [2.75, 3.05) is 18.4 Å². The highest BCUT2D eigenvalue weighted by Gasteiger charge is 2.30. The summed E-state index contributed by atoms with van der Waals surface area (Å²) < 4.78 is 0. The Labute approximate surface area is 169 Å². The number of nitrogens with one attached hydrogen (secondary N) is 2. The molecular formula is C23H35N3O2. The minimum atomic E-state index is 0.00785. The van der Waals surface area contributed by atoms with Crippen molar-refractivity contribution in [1.82, 2.24) is 10.2 Å². The van der Waals surface area contributed by atoms with E-state index < -0.39 is 0 Å². The van der Waals surface area contributed by atoms with Crippen LogP contribution in [-0.2, 0) is 9.59 Å². The second-order valence-electron chi connectivity index (χ2n) is 8.52. The van der Waals surface area contributed by atoms with E-state index in [0.717, 1.165) is 42.5 Å². The highest BCUT2D eigenvalue weighted by atomic mass is 16.2. The third-order valence-electron chi connectivity index (χ3n) is 6.00. The molecule has 2 amide bonds. The van der Waals surface area contributed by atoms with Crippen molar-refractivity contribution in [2.24, 2.45) is 0 Å². The first-order chi connectivity index (χ1) is 13.5. The number of amides is 2. The Morgan fingerprint density at radius 2 is 1.61 bits per heavy atom. The number of aryl methyl sites for hydroxylation is 2. The van der Waals surface area contributed by atoms with Gasteiger partial charge in [-0.05, 0) is 50.7 Å². The maximum atomic E-state index is 12.6. The Morgan fingerprint density at radius 3 is 2.21 bits per heavy atom. The molecule has 1 aromatic rings. The zero-order valence-corrected chi connectivity index (χ0v) is 17.4. The van der Waals surface area contributed by atoms with Gasteiger partial charge < -0.3 is 10.6 Å². The number of nitrogens with zero attached hydrogens (tertiary/aromatic N) is 1. The molecule has 1 aromatic carbocycles. The summed E-state index contributed by atoms with van der Waals surface area (Å²) in [5.74, 6) is 0.140. The summed E-state index contributed by atoms with van der Waals surface area (Å²) in [7, 11) is 0. The Kier molecular flexibility index (Phi) is 7.49. The molecule has 0 heterocycles. The number of hydrogen-bond acceptors (Lipinski definition) is 3. The molecule has 5 heteroatoms. The van der Waals surface area contributed by atoms with Gasteiger partial charge in [-0.1, -0.05) is 43.9 Å². The molecule has 0 unspecified atom stereocenters. The van der Waals surface area contributed by atoms with E-state index >= 15 is 0 Å². The third-order valence-corrected chi connectivity index (χ3v) is 6.00. The minimum Gasteiger partial charge on any atom is -0.353 e. The van der Waals surface area contributed by atoms with Gasteiger partial charge in [0.15, 0.2) is 0 Å². The number of rotatable bonds is 8. The Morgan fingerprint density at radius 1 is 0.964 bits per heavy atom. The van der Waals surface area contributed by atoms with E-state index in [1.807, 2.05) is 32.0 Å². The highest BCUT2D eigenvalue weighted by Crippen LogP contribution is 2.27. The summed E-state index contributed by atoms with van der Waals surface area (Å²) >= 11 is 0. The average molecular weight is 386 g/mol. The van der Waals surface area contributed by atoms with E-state index in [-0.39, 0.29) is 11.8 Å². The van der Waals surface area contributed by atoms with Crippen molar-refractivity contribution < 1.29 is 9.59 Å². The predicted molar refractivity (Wildman–Crippen MR) is 113 cm³/mol. The average Bonchev–Trinajstić information content (AvgIpc) is 3.50. The van der Waals surface area contributed by atoms with Crippen LogP contribution >= 0.6 is 0 Å². The normalized spacial score (nSPS) is 18.0. The molecule has 28 heavy (non-hydrogen) atoms. The lowest BCUT2D eigenvalue weighted by atomic mass is 10.1. The molecule has 2 aliphatic rings. The van der Waals surface area contributed by atoms with Crippen molar-refractivity contribution in [3.8, 4) is 0 Å². The van der Waals surface area contributed by atoms with Crippen LogP contribution < -0.4 is 10.6 Å². The lowest BCUT2D eigenvalue weighted by Crippen LogP contribution is -2.40. The van der Waals surface area contributed by atoms with Gasteiger partial charge >= 0.3 is 0 Å². The number of carbonyl (C=O) groups is 2. The van der Waals surface area contributed by atoms with Gasteiger partial charge in [0.05, 0.1) is 6.54 Å². The number of para-hydroxylation sites is 1. The van der Waals surface area contributed by atoms with Gasteiger partial charge in [0.25, 0.3) is 0 Å². The zero-order chi connectivity index (χ0) is 19.9. The first kappa shape index (κ1) is 20.8.